The first kappa shape index (κ1) is 12.2. The van der Waals surface area contributed by atoms with E-state index in [-0.39, 0.29) is 10.3 Å². The molecule has 1 aromatic heterocycles. The molecule has 0 aliphatic rings. The van der Waals surface area contributed by atoms with E-state index in [1.807, 2.05) is 6.92 Å². The van der Waals surface area contributed by atoms with Crippen LogP contribution in [0.15, 0.2) is 11.2 Å². The Morgan fingerprint density at radius 1 is 1.47 bits per heavy atom. The van der Waals surface area contributed by atoms with Crippen molar-refractivity contribution in [2.75, 3.05) is 24.7 Å². The standard InChI is InChI=1S/C8H12ClN3O2S/c1-4-12(2)7-5-6(9)10-8(11-7)15(3,13)14/h5H,4H2,1-3H3. The molecule has 0 N–H and O–H groups in total. The minimum Gasteiger partial charge on any atom is -0.360 e. The van der Waals surface area contributed by atoms with E-state index >= 15 is 0 Å². The number of hydrogen-bond acceptors (Lipinski definition) is 5. The monoisotopic (exact) mass is 249 g/mol. The van der Waals surface area contributed by atoms with E-state index < -0.39 is 9.84 Å². The Kier molecular flexibility index (Phi) is 3.51. The lowest BCUT2D eigenvalue weighted by atomic mass is 10.5. The average Bonchev–Trinajstić information content (AvgIpc) is 2.14. The zero-order valence-electron chi connectivity index (χ0n) is 8.73. The molecule has 0 aromatic carbocycles. The highest BCUT2D eigenvalue weighted by Crippen LogP contribution is 2.16. The molecule has 84 valence electrons. The van der Waals surface area contributed by atoms with Crippen LogP contribution in [0.4, 0.5) is 5.82 Å². The van der Waals surface area contributed by atoms with E-state index in [0.717, 1.165) is 6.26 Å². The molecule has 0 saturated heterocycles. The van der Waals surface area contributed by atoms with Crippen molar-refractivity contribution in [1.82, 2.24) is 9.97 Å². The van der Waals surface area contributed by atoms with Crippen LogP contribution in [-0.4, -0.2) is 38.2 Å². The fourth-order valence-electron chi connectivity index (χ4n) is 0.909. The van der Waals surface area contributed by atoms with Gasteiger partial charge in [-0.1, -0.05) is 11.6 Å². The Balaban J connectivity index is 3.29. The number of halogens is 1. The number of sulfone groups is 1. The van der Waals surface area contributed by atoms with Gasteiger partial charge in [0.25, 0.3) is 0 Å². The van der Waals surface area contributed by atoms with Crippen LogP contribution in [0.2, 0.25) is 5.15 Å². The summed E-state index contributed by atoms with van der Waals surface area (Å²) in [6.45, 7) is 2.63. The molecule has 0 radical (unpaired) electrons. The van der Waals surface area contributed by atoms with Crippen molar-refractivity contribution in [3.8, 4) is 0 Å². The van der Waals surface area contributed by atoms with Crippen molar-refractivity contribution in [2.45, 2.75) is 12.1 Å². The van der Waals surface area contributed by atoms with Crippen molar-refractivity contribution in [2.24, 2.45) is 0 Å². The van der Waals surface area contributed by atoms with E-state index in [4.69, 9.17) is 11.6 Å². The average molecular weight is 250 g/mol. The van der Waals surface area contributed by atoms with Gasteiger partial charge in [-0.25, -0.2) is 18.4 Å². The molecule has 5 nitrogen and oxygen atoms in total. The number of hydrogen-bond donors (Lipinski definition) is 0. The maximum absolute atomic E-state index is 11.2. The zero-order chi connectivity index (χ0) is 11.6. The maximum atomic E-state index is 11.2. The Morgan fingerprint density at radius 3 is 2.53 bits per heavy atom. The second-order valence-corrected chi connectivity index (χ2v) is 5.41. The highest BCUT2D eigenvalue weighted by atomic mass is 35.5. The summed E-state index contributed by atoms with van der Waals surface area (Å²) in [5.74, 6) is 0.498. The van der Waals surface area contributed by atoms with Crippen LogP contribution in [0.25, 0.3) is 0 Å². The van der Waals surface area contributed by atoms with Gasteiger partial charge < -0.3 is 4.90 Å². The van der Waals surface area contributed by atoms with E-state index in [1.165, 1.54) is 6.07 Å². The van der Waals surface area contributed by atoms with E-state index in [0.29, 0.717) is 12.4 Å². The third-order valence-electron chi connectivity index (χ3n) is 1.86. The van der Waals surface area contributed by atoms with Gasteiger partial charge in [-0.2, -0.15) is 0 Å². The molecule has 1 aromatic rings. The number of aromatic nitrogens is 2. The quantitative estimate of drug-likeness (QED) is 0.591. The fraction of sp³-hybridized carbons (Fsp3) is 0.500. The first-order valence-electron chi connectivity index (χ1n) is 4.30. The van der Waals surface area contributed by atoms with Gasteiger partial charge in [0, 0.05) is 25.9 Å². The number of anilines is 1. The predicted octanol–water partition coefficient (Wildman–Crippen LogP) is 0.990. The molecule has 0 spiro atoms. The molecule has 0 unspecified atom stereocenters. The molecular weight excluding hydrogens is 238 g/mol. The summed E-state index contributed by atoms with van der Waals surface area (Å²) in [4.78, 5) is 9.36. The molecule has 1 heterocycles. The van der Waals surface area contributed by atoms with Crippen LogP contribution in [-0.2, 0) is 9.84 Å². The molecule has 0 aliphatic heterocycles. The van der Waals surface area contributed by atoms with Gasteiger partial charge in [-0.15, -0.1) is 0 Å². The summed E-state index contributed by atoms with van der Waals surface area (Å²) >= 11 is 5.71. The van der Waals surface area contributed by atoms with Gasteiger partial charge in [0.2, 0.25) is 15.0 Å². The first-order valence-corrected chi connectivity index (χ1v) is 6.57. The third kappa shape index (κ3) is 3.04. The highest BCUT2D eigenvalue weighted by Gasteiger charge is 2.14. The molecule has 15 heavy (non-hydrogen) atoms. The van der Waals surface area contributed by atoms with Crippen molar-refractivity contribution >= 4 is 27.3 Å². The van der Waals surface area contributed by atoms with Gasteiger partial charge in [-0.3, -0.25) is 0 Å². The van der Waals surface area contributed by atoms with E-state index in [2.05, 4.69) is 9.97 Å². The predicted molar refractivity (Wildman–Crippen MR) is 59.1 cm³/mol. The lowest BCUT2D eigenvalue weighted by Crippen LogP contribution is -2.19. The zero-order valence-corrected chi connectivity index (χ0v) is 10.3. The first-order chi connectivity index (χ1) is 6.84. The lowest BCUT2D eigenvalue weighted by molar-refractivity contribution is 0.592. The second kappa shape index (κ2) is 4.32. The number of rotatable bonds is 3. The highest BCUT2D eigenvalue weighted by molar-refractivity contribution is 7.90. The molecule has 0 saturated carbocycles. The molecule has 0 atom stereocenters. The van der Waals surface area contributed by atoms with Crippen LogP contribution < -0.4 is 4.90 Å². The summed E-state index contributed by atoms with van der Waals surface area (Å²) in [5.41, 5.74) is 0. The maximum Gasteiger partial charge on any atom is 0.250 e. The minimum atomic E-state index is -3.42. The fourth-order valence-corrected chi connectivity index (χ4v) is 1.66. The van der Waals surface area contributed by atoms with Gasteiger partial charge >= 0.3 is 0 Å². The van der Waals surface area contributed by atoms with Crippen LogP contribution >= 0.6 is 11.6 Å². The largest absolute Gasteiger partial charge is 0.360 e. The topological polar surface area (TPSA) is 63.2 Å². The van der Waals surface area contributed by atoms with Gasteiger partial charge in [0.05, 0.1) is 0 Å². The molecule has 0 aliphatic carbocycles. The smallest absolute Gasteiger partial charge is 0.250 e. The molecular formula is C8H12ClN3O2S. The molecule has 0 amide bonds. The lowest BCUT2D eigenvalue weighted by Gasteiger charge is -2.15. The molecule has 1 rings (SSSR count). The molecule has 7 heteroatoms. The normalized spacial score (nSPS) is 11.5. The summed E-state index contributed by atoms with van der Waals surface area (Å²) in [6, 6.07) is 1.53. The Hall–Kier alpha value is -0.880. The van der Waals surface area contributed by atoms with Gasteiger partial charge in [0.15, 0.2) is 0 Å². The van der Waals surface area contributed by atoms with E-state index in [9.17, 15) is 8.42 Å². The second-order valence-electron chi connectivity index (χ2n) is 3.12. The minimum absolute atomic E-state index is 0.126. The Bertz CT molecular complexity index is 461. The molecule has 0 fully saturated rings. The van der Waals surface area contributed by atoms with Gasteiger partial charge in [0.1, 0.15) is 11.0 Å². The van der Waals surface area contributed by atoms with Crippen molar-refractivity contribution < 1.29 is 8.42 Å². The van der Waals surface area contributed by atoms with Crippen molar-refractivity contribution in [3.05, 3.63) is 11.2 Å². The number of nitrogens with zero attached hydrogens (tertiary/aromatic N) is 3. The van der Waals surface area contributed by atoms with E-state index in [1.54, 1.807) is 11.9 Å². The van der Waals surface area contributed by atoms with Gasteiger partial charge in [-0.05, 0) is 6.92 Å². The SMILES string of the molecule is CCN(C)c1cc(Cl)nc(S(C)(=O)=O)n1. The summed E-state index contributed by atoms with van der Waals surface area (Å²) in [6.07, 6.45) is 1.05. The van der Waals surface area contributed by atoms with Crippen LogP contribution in [0.1, 0.15) is 6.92 Å². The Labute approximate surface area is 94.0 Å². The summed E-state index contributed by atoms with van der Waals surface area (Å²) in [7, 11) is -1.63. The third-order valence-corrected chi connectivity index (χ3v) is 2.90. The van der Waals surface area contributed by atoms with Crippen molar-refractivity contribution in [1.29, 1.82) is 0 Å². The van der Waals surface area contributed by atoms with Crippen LogP contribution in [0, 0.1) is 0 Å². The Morgan fingerprint density at radius 2 is 2.07 bits per heavy atom. The van der Waals surface area contributed by atoms with Crippen LogP contribution in [0.5, 0.6) is 0 Å². The van der Waals surface area contributed by atoms with Crippen LogP contribution in [0.3, 0.4) is 0 Å². The summed E-state index contributed by atoms with van der Waals surface area (Å²) < 4.78 is 22.5. The summed E-state index contributed by atoms with van der Waals surface area (Å²) in [5, 5.41) is -0.119. The molecule has 0 bridgehead atoms. The van der Waals surface area contributed by atoms with Crippen molar-refractivity contribution in [3.63, 3.8) is 0 Å².